The number of carbonyl (C=O) groups is 2. The van der Waals surface area contributed by atoms with Crippen LogP contribution in [0, 0.1) is 0 Å². The number of carboxylic acids is 1. The van der Waals surface area contributed by atoms with Gasteiger partial charge in [0.2, 0.25) is 5.78 Å². The van der Waals surface area contributed by atoms with Gasteiger partial charge in [0.25, 0.3) is 0 Å². The zero-order valence-corrected chi connectivity index (χ0v) is 7.45. The molecule has 0 saturated heterocycles. The molecule has 5 heteroatoms. The number of ketones is 1. The molecule has 0 heterocycles. The van der Waals surface area contributed by atoms with Crippen LogP contribution in [-0.4, -0.2) is 21.2 Å². The summed E-state index contributed by atoms with van der Waals surface area (Å²) in [5.41, 5.74) is 0. The average Bonchev–Trinajstić information content (AvgIpc) is 1.80. The lowest BCUT2D eigenvalue weighted by atomic mass is 10.2. The van der Waals surface area contributed by atoms with E-state index in [1.807, 2.05) is 0 Å². The molecular formula is C6H8Cl2O3. The van der Waals surface area contributed by atoms with Gasteiger partial charge in [-0.15, -0.1) is 23.2 Å². The van der Waals surface area contributed by atoms with Crippen molar-refractivity contribution in [2.45, 2.75) is 24.1 Å². The van der Waals surface area contributed by atoms with Crippen LogP contribution in [0.1, 0.15) is 19.8 Å². The number of carbonyl (C=O) groups excluding carboxylic acids is 1. The molecule has 0 saturated carbocycles. The topological polar surface area (TPSA) is 54.4 Å². The minimum absolute atomic E-state index is 0.126. The summed E-state index contributed by atoms with van der Waals surface area (Å²) < 4.78 is -1.02. The second-order valence-corrected chi connectivity index (χ2v) is 4.16. The molecule has 0 spiro atoms. The predicted molar refractivity (Wildman–Crippen MR) is 42.0 cm³/mol. The lowest BCUT2D eigenvalue weighted by Crippen LogP contribution is -2.16. The average molecular weight is 199 g/mol. The second-order valence-electron chi connectivity index (χ2n) is 2.30. The minimum atomic E-state index is -1.44. The highest BCUT2D eigenvalue weighted by atomic mass is 35.5. The maximum atomic E-state index is 10.5. The lowest BCUT2D eigenvalue weighted by molar-refractivity contribution is -0.149. The number of carboxylic acid groups (broad SMARTS) is 1. The molecule has 0 radical (unpaired) electrons. The zero-order chi connectivity index (χ0) is 9.07. The maximum absolute atomic E-state index is 10.5. The number of Topliss-reactive ketones (excluding diaryl/α,β-unsaturated/α-hetero) is 1. The van der Waals surface area contributed by atoms with Gasteiger partial charge in [-0.3, -0.25) is 4.79 Å². The molecule has 0 aromatic heterocycles. The highest BCUT2D eigenvalue weighted by Crippen LogP contribution is 2.25. The zero-order valence-electron chi connectivity index (χ0n) is 5.93. The number of halogens is 2. The van der Waals surface area contributed by atoms with E-state index in [4.69, 9.17) is 28.3 Å². The molecule has 0 unspecified atom stereocenters. The van der Waals surface area contributed by atoms with E-state index in [1.165, 1.54) is 6.92 Å². The van der Waals surface area contributed by atoms with Crippen molar-refractivity contribution in [2.24, 2.45) is 0 Å². The van der Waals surface area contributed by atoms with Crippen molar-refractivity contribution in [1.82, 2.24) is 0 Å². The van der Waals surface area contributed by atoms with Gasteiger partial charge < -0.3 is 5.11 Å². The Morgan fingerprint density at radius 2 is 1.91 bits per heavy atom. The van der Waals surface area contributed by atoms with Crippen LogP contribution < -0.4 is 0 Å². The Morgan fingerprint density at radius 1 is 1.45 bits per heavy atom. The Hall–Kier alpha value is -0.280. The first-order chi connectivity index (χ1) is 4.83. The maximum Gasteiger partial charge on any atom is 0.372 e. The fourth-order valence-corrected chi connectivity index (χ4v) is 0.629. The molecule has 0 fully saturated rings. The third-order valence-electron chi connectivity index (χ3n) is 1.03. The van der Waals surface area contributed by atoms with Gasteiger partial charge in [0.05, 0.1) is 0 Å². The summed E-state index contributed by atoms with van der Waals surface area (Å²) in [4.78, 5) is 20.5. The highest BCUT2D eigenvalue weighted by molar-refractivity contribution is 6.48. The molecular weight excluding hydrogens is 191 g/mol. The molecule has 0 aliphatic heterocycles. The van der Waals surface area contributed by atoms with Crippen LogP contribution in [0.3, 0.4) is 0 Å². The Bertz CT molecular complexity index is 171. The molecule has 64 valence electrons. The van der Waals surface area contributed by atoms with E-state index in [1.54, 1.807) is 0 Å². The molecule has 0 aliphatic carbocycles. The number of rotatable bonds is 4. The van der Waals surface area contributed by atoms with Crippen molar-refractivity contribution in [3.05, 3.63) is 0 Å². The summed E-state index contributed by atoms with van der Waals surface area (Å²) in [5, 5.41) is 8.14. The van der Waals surface area contributed by atoms with E-state index in [0.29, 0.717) is 0 Å². The predicted octanol–water partition coefficient (Wildman–Crippen LogP) is 1.61. The minimum Gasteiger partial charge on any atom is -0.476 e. The molecule has 0 bridgehead atoms. The molecule has 3 nitrogen and oxygen atoms in total. The van der Waals surface area contributed by atoms with Crippen molar-refractivity contribution in [2.75, 3.05) is 0 Å². The third-order valence-corrected chi connectivity index (χ3v) is 1.41. The van der Waals surface area contributed by atoms with Crippen molar-refractivity contribution in [3.63, 3.8) is 0 Å². The largest absolute Gasteiger partial charge is 0.476 e. The summed E-state index contributed by atoms with van der Waals surface area (Å²) in [7, 11) is 0. The van der Waals surface area contributed by atoms with E-state index in [2.05, 4.69) is 0 Å². The normalized spacial score (nSPS) is 11.2. The molecule has 0 atom stereocenters. The fourth-order valence-electron chi connectivity index (χ4n) is 0.440. The highest BCUT2D eigenvalue weighted by Gasteiger charge is 2.20. The van der Waals surface area contributed by atoms with Gasteiger partial charge in [-0.1, -0.05) is 0 Å². The molecule has 11 heavy (non-hydrogen) atoms. The summed E-state index contributed by atoms with van der Waals surface area (Å²) >= 11 is 11.0. The van der Waals surface area contributed by atoms with E-state index in [-0.39, 0.29) is 12.8 Å². The van der Waals surface area contributed by atoms with Gasteiger partial charge >= 0.3 is 5.97 Å². The molecule has 0 aliphatic rings. The first-order valence-electron chi connectivity index (χ1n) is 2.97. The standard InChI is InChI=1S/C6H8Cl2O3/c1-6(7,8)3-2-4(9)5(10)11/h2-3H2,1H3,(H,10,11). The third kappa shape index (κ3) is 6.13. The Balaban J connectivity index is 3.73. The van der Waals surface area contributed by atoms with E-state index in [0.717, 1.165) is 0 Å². The summed E-state index contributed by atoms with van der Waals surface area (Å²) in [5.74, 6) is -2.31. The van der Waals surface area contributed by atoms with Crippen molar-refractivity contribution < 1.29 is 14.7 Å². The molecule has 0 rings (SSSR count). The van der Waals surface area contributed by atoms with E-state index in [9.17, 15) is 9.59 Å². The molecule has 1 N–H and O–H groups in total. The van der Waals surface area contributed by atoms with E-state index < -0.39 is 16.1 Å². The van der Waals surface area contributed by atoms with Gasteiger partial charge in [-0.2, -0.15) is 0 Å². The summed E-state index contributed by atoms with van der Waals surface area (Å²) in [6.07, 6.45) is 0.0279. The van der Waals surface area contributed by atoms with E-state index >= 15 is 0 Å². The van der Waals surface area contributed by atoms with Crippen LogP contribution in [0.15, 0.2) is 0 Å². The quantitative estimate of drug-likeness (QED) is 0.552. The van der Waals surface area contributed by atoms with Gasteiger partial charge in [0.15, 0.2) is 0 Å². The van der Waals surface area contributed by atoms with Gasteiger partial charge in [-0.25, -0.2) is 4.79 Å². The molecule has 0 amide bonds. The molecule has 0 aromatic carbocycles. The van der Waals surface area contributed by atoms with Crippen molar-refractivity contribution >= 4 is 35.0 Å². The lowest BCUT2D eigenvalue weighted by Gasteiger charge is -2.10. The van der Waals surface area contributed by atoms with Crippen LogP contribution in [0.4, 0.5) is 0 Å². The Morgan fingerprint density at radius 3 is 2.18 bits per heavy atom. The summed E-state index contributed by atoms with van der Waals surface area (Å²) in [6.45, 7) is 1.51. The fraction of sp³-hybridized carbons (Fsp3) is 0.667. The van der Waals surface area contributed by atoms with Crippen LogP contribution in [0.25, 0.3) is 0 Å². The number of aliphatic carboxylic acids is 1. The van der Waals surface area contributed by atoms with Gasteiger partial charge in [0, 0.05) is 6.42 Å². The van der Waals surface area contributed by atoms with Gasteiger partial charge in [0.1, 0.15) is 4.33 Å². The number of hydrogen-bond donors (Lipinski definition) is 1. The van der Waals surface area contributed by atoms with Gasteiger partial charge in [-0.05, 0) is 13.3 Å². The van der Waals surface area contributed by atoms with Crippen LogP contribution in [-0.2, 0) is 9.59 Å². The van der Waals surface area contributed by atoms with Crippen LogP contribution >= 0.6 is 23.2 Å². The Kier molecular flexibility index (Phi) is 3.83. The first-order valence-corrected chi connectivity index (χ1v) is 3.72. The SMILES string of the molecule is CC(Cl)(Cl)CCC(=O)C(=O)O. The summed E-state index contributed by atoms with van der Waals surface area (Å²) in [6, 6.07) is 0. The van der Waals surface area contributed by atoms with Crippen LogP contribution in [0.2, 0.25) is 0 Å². The van der Waals surface area contributed by atoms with Crippen molar-refractivity contribution in [1.29, 1.82) is 0 Å². The van der Waals surface area contributed by atoms with Crippen LogP contribution in [0.5, 0.6) is 0 Å². The smallest absolute Gasteiger partial charge is 0.372 e. The Labute approximate surface area is 74.3 Å². The van der Waals surface area contributed by atoms with Crippen molar-refractivity contribution in [3.8, 4) is 0 Å². The first kappa shape index (κ1) is 10.7. The molecule has 0 aromatic rings. The second kappa shape index (κ2) is 3.93. The number of alkyl halides is 2. The monoisotopic (exact) mass is 198 g/mol. The number of hydrogen-bond acceptors (Lipinski definition) is 2.